The molecule has 0 radical (unpaired) electrons. The van der Waals surface area contributed by atoms with Crippen LogP contribution >= 0.6 is 0 Å². The number of fused-ring (bicyclic) bond motifs is 1. The van der Waals surface area contributed by atoms with Gasteiger partial charge in [-0.1, -0.05) is 0 Å². The molecule has 0 saturated heterocycles. The summed E-state index contributed by atoms with van der Waals surface area (Å²) in [7, 11) is 0. The minimum Gasteiger partial charge on any atom is -0.383 e. The number of benzene rings is 2. The molecule has 4 N–H and O–H groups in total. The van der Waals surface area contributed by atoms with Crippen molar-refractivity contribution in [1.29, 1.82) is 0 Å². The number of nitrogen functional groups attached to an aromatic ring is 1. The molecule has 4 rings (SSSR count). The van der Waals surface area contributed by atoms with Crippen LogP contribution in [0.3, 0.4) is 0 Å². The molecule has 12 heteroatoms. The number of alkyl halides is 3. The highest BCUT2D eigenvalue weighted by Gasteiger charge is 2.34. The molecule has 0 aliphatic rings. The van der Waals surface area contributed by atoms with Gasteiger partial charge in [-0.2, -0.15) is 13.2 Å². The number of anilines is 3. The summed E-state index contributed by atoms with van der Waals surface area (Å²) in [6, 6.07) is 8.96. The fraction of sp³-hybridized carbons (Fsp3) is 0.0476. The third-order valence-corrected chi connectivity index (χ3v) is 4.64. The topological polar surface area (TPSA) is 115 Å². The summed E-state index contributed by atoms with van der Waals surface area (Å²) in [5.74, 6) is -1.39. The maximum absolute atomic E-state index is 13.4. The number of nitrogens with two attached hydrogens (primary N) is 1. The number of urea groups is 1. The second-order valence-electron chi connectivity index (χ2n) is 6.83. The van der Waals surface area contributed by atoms with Crippen LogP contribution < -0.4 is 21.8 Å². The standard InChI is InChI=1S/C21H14F4N6O2/c22-15-6-3-12(9-14(15)21(23,24)25)30-20(33)29-11-1-4-13(5-2-11)31-8-7-16(32)17-18(26)27-10-28-19(17)31/h1-10H,(H2,26,27,28)(H2,29,30,33). The van der Waals surface area contributed by atoms with Gasteiger partial charge in [0.2, 0.25) is 0 Å². The molecule has 0 saturated carbocycles. The Morgan fingerprint density at radius 2 is 1.64 bits per heavy atom. The molecule has 0 fully saturated rings. The van der Waals surface area contributed by atoms with E-state index in [0.29, 0.717) is 29.2 Å². The van der Waals surface area contributed by atoms with Crippen LogP contribution in [0.2, 0.25) is 0 Å². The van der Waals surface area contributed by atoms with Gasteiger partial charge in [-0.3, -0.25) is 4.79 Å². The van der Waals surface area contributed by atoms with Gasteiger partial charge in [0.05, 0.1) is 5.56 Å². The van der Waals surface area contributed by atoms with E-state index in [2.05, 4.69) is 20.6 Å². The number of aromatic nitrogens is 3. The Morgan fingerprint density at radius 1 is 0.970 bits per heavy atom. The highest BCUT2D eigenvalue weighted by atomic mass is 19.4. The molecule has 0 unspecified atom stereocenters. The van der Waals surface area contributed by atoms with Crippen LogP contribution in [0.25, 0.3) is 16.7 Å². The van der Waals surface area contributed by atoms with Gasteiger partial charge in [0.1, 0.15) is 23.3 Å². The number of amides is 2. The van der Waals surface area contributed by atoms with E-state index in [0.717, 1.165) is 6.07 Å². The average Bonchev–Trinajstić information content (AvgIpc) is 2.75. The van der Waals surface area contributed by atoms with Crippen LogP contribution in [0, 0.1) is 5.82 Å². The Kier molecular flexibility index (Phi) is 5.42. The van der Waals surface area contributed by atoms with Crippen molar-refractivity contribution in [2.24, 2.45) is 0 Å². The first-order valence-corrected chi connectivity index (χ1v) is 9.30. The highest BCUT2D eigenvalue weighted by Crippen LogP contribution is 2.33. The van der Waals surface area contributed by atoms with E-state index >= 15 is 0 Å². The SMILES string of the molecule is Nc1ncnc2c1c(=O)ccn2-c1ccc(NC(=O)Nc2ccc(F)c(C(F)(F)F)c2)cc1. The molecule has 2 heterocycles. The van der Waals surface area contributed by atoms with Crippen molar-refractivity contribution >= 4 is 34.3 Å². The molecule has 0 bridgehead atoms. The Morgan fingerprint density at radius 3 is 2.33 bits per heavy atom. The fourth-order valence-corrected chi connectivity index (χ4v) is 3.13. The van der Waals surface area contributed by atoms with Crippen molar-refractivity contribution < 1.29 is 22.4 Å². The van der Waals surface area contributed by atoms with Crippen LogP contribution in [-0.4, -0.2) is 20.6 Å². The molecule has 0 atom stereocenters. The van der Waals surface area contributed by atoms with Crippen LogP contribution in [0.1, 0.15) is 5.56 Å². The smallest absolute Gasteiger partial charge is 0.383 e. The first kappa shape index (κ1) is 21.7. The number of nitrogens with one attached hydrogen (secondary N) is 2. The van der Waals surface area contributed by atoms with E-state index in [1.165, 1.54) is 30.7 Å². The molecular formula is C21H14F4N6O2. The number of hydrogen-bond acceptors (Lipinski definition) is 5. The van der Waals surface area contributed by atoms with Gasteiger partial charge in [-0.05, 0) is 42.5 Å². The first-order chi connectivity index (χ1) is 15.6. The zero-order valence-corrected chi connectivity index (χ0v) is 16.5. The molecule has 33 heavy (non-hydrogen) atoms. The lowest BCUT2D eigenvalue weighted by molar-refractivity contribution is -0.139. The van der Waals surface area contributed by atoms with Crippen LogP contribution in [0.4, 0.5) is 39.5 Å². The molecule has 8 nitrogen and oxygen atoms in total. The van der Waals surface area contributed by atoms with E-state index in [1.54, 1.807) is 16.7 Å². The third kappa shape index (κ3) is 4.44. The average molecular weight is 458 g/mol. The lowest BCUT2D eigenvalue weighted by atomic mass is 10.2. The van der Waals surface area contributed by atoms with Crippen LogP contribution in [0.15, 0.2) is 65.8 Å². The number of carbonyl (C=O) groups is 1. The fourth-order valence-electron chi connectivity index (χ4n) is 3.13. The van der Waals surface area contributed by atoms with E-state index in [-0.39, 0.29) is 22.3 Å². The normalized spacial score (nSPS) is 11.4. The lowest BCUT2D eigenvalue weighted by Crippen LogP contribution is -2.20. The third-order valence-electron chi connectivity index (χ3n) is 4.64. The molecule has 2 aromatic carbocycles. The summed E-state index contributed by atoms with van der Waals surface area (Å²) in [6.45, 7) is 0. The molecule has 168 valence electrons. The van der Waals surface area contributed by atoms with Crippen molar-refractivity contribution in [2.75, 3.05) is 16.4 Å². The second kappa shape index (κ2) is 8.22. The molecule has 0 aliphatic heterocycles. The Hall–Kier alpha value is -4.48. The monoisotopic (exact) mass is 458 g/mol. The molecule has 2 aromatic heterocycles. The number of pyridine rings is 1. The predicted molar refractivity (Wildman–Crippen MR) is 114 cm³/mol. The molecular weight excluding hydrogens is 444 g/mol. The van der Waals surface area contributed by atoms with Crippen molar-refractivity contribution in [1.82, 2.24) is 14.5 Å². The van der Waals surface area contributed by atoms with Gasteiger partial charge in [0.15, 0.2) is 11.1 Å². The van der Waals surface area contributed by atoms with E-state index in [4.69, 9.17) is 5.73 Å². The summed E-state index contributed by atoms with van der Waals surface area (Å²) >= 11 is 0. The van der Waals surface area contributed by atoms with Gasteiger partial charge < -0.3 is 20.9 Å². The number of halogens is 4. The quantitative estimate of drug-likeness (QED) is 0.399. The lowest BCUT2D eigenvalue weighted by Gasteiger charge is -2.13. The first-order valence-electron chi connectivity index (χ1n) is 9.30. The Bertz CT molecular complexity index is 1420. The molecule has 0 aliphatic carbocycles. The summed E-state index contributed by atoms with van der Waals surface area (Å²) in [5, 5.41) is 4.86. The van der Waals surface area contributed by atoms with Gasteiger partial charge in [0, 0.05) is 29.3 Å². The van der Waals surface area contributed by atoms with Crippen molar-refractivity contribution in [2.45, 2.75) is 6.18 Å². The number of hydrogen-bond donors (Lipinski definition) is 3. The second-order valence-corrected chi connectivity index (χ2v) is 6.83. The zero-order valence-electron chi connectivity index (χ0n) is 16.5. The minimum absolute atomic E-state index is 0.0452. The maximum Gasteiger partial charge on any atom is 0.419 e. The summed E-state index contributed by atoms with van der Waals surface area (Å²) in [4.78, 5) is 32.2. The minimum atomic E-state index is -4.89. The predicted octanol–water partition coefficient (Wildman–Crippen LogP) is 4.16. The Balaban J connectivity index is 1.53. The maximum atomic E-state index is 13.4. The molecule has 0 spiro atoms. The van der Waals surface area contributed by atoms with Gasteiger partial charge in [0.25, 0.3) is 0 Å². The molecule has 2 amide bonds. The summed E-state index contributed by atoms with van der Waals surface area (Å²) in [6.07, 6.45) is -2.15. The van der Waals surface area contributed by atoms with Gasteiger partial charge >= 0.3 is 12.2 Å². The van der Waals surface area contributed by atoms with Crippen LogP contribution in [0.5, 0.6) is 0 Å². The summed E-state index contributed by atoms with van der Waals surface area (Å²) in [5.41, 5.74) is 4.96. The van der Waals surface area contributed by atoms with E-state index in [1.807, 2.05) is 0 Å². The molecule has 4 aromatic rings. The van der Waals surface area contributed by atoms with Crippen molar-refractivity contribution in [3.8, 4) is 5.69 Å². The van der Waals surface area contributed by atoms with Gasteiger partial charge in [-0.15, -0.1) is 0 Å². The Labute approximate surface area is 182 Å². The van der Waals surface area contributed by atoms with E-state index in [9.17, 15) is 27.2 Å². The number of carbonyl (C=O) groups excluding carboxylic acids is 1. The number of nitrogens with zero attached hydrogens (tertiary/aromatic N) is 3. The van der Waals surface area contributed by atoms with E-state index < -0.39 is 23.6 Å². The largest absolute Gasteiger partial charge is 0.419 e. The summed E-state index contributed by atoms with van der Waals surface area (Å²) < 4.78 is 53.5. The zero-order chi connectivity index (χ0) is 23.8. The van der Waals surface area contributed by atoms with Crippen molar-refractivity contribution in [3.05, 3.63) is 82.7 Å². The number of rotatable bonds is 3. The highest BCUT2D eigenvalue weighted by molar-refractivity contribution is 5.99. The van der Waals surface area contributed by atoms with Gasteiger partial charge in [-0.25, -0.2) is 19.2 Å². The van der Waals surface area contributed by atoms with Crippen LogP contribution in [-0.2, 0) is 6.18 Å². The van der Waals surface area contributed by atoms with Crippen molar-refractivity contribution in [3.63, 3.8) is 0 Å².